The third-order valence-electron chi connectivity index (χ3n) is 3.50. The summed E-state index contributed by atoms with van der Waals surface area (Å²) in [5, 5.41) is 0. The van der Waals surface area contributed by atoms with Crippen LogP contribution in [0.5, 0.6) is 11.5 Å². The fraction of sp³-hybridized carbons (Fsp3) is 0.700. The van der Waals surface area contributed by atoms with Crippen molar-refractivity contribution in [1.29, 1.82) is 0 Å². The summed E-state index contributed by atoms with van der Waals surface area (Å²) >= 11 is 0. The molecule has 0 saturated carbocycles. The molecule has 0 N–H and O–H groups in total. The van der Waals surface area contributed by atoms with Crippen molar-refractivity contribution in [3.8, 4) is 11.5 Å². The van der Waals surface area contributed by atoms with Crippen molar-refractivity contribution in [2.24, 2.45) is 11.8 Å². The van der Waals surface area contributed by atoms with Crippen LogP contribution in [0.1, 0.15) is 40.5 Å². The molecule has 0 spiro atoms. The Morgan fingerprint density at radius 1 is 0.583 bits per heavy atom. The summed E-state index contributed by atoms with van der Waals surface area (Å²) in [7, 11) is 0. The van der Waals surface area contributed by atoms with Crippen LogP contribution in [0.15, 0.2) is 24.3 Å². The summed E-state index contributed by atoms with van der Waals surface area (Å²) in [5.74, 6) is 3.03. The second kappa shape index (κ2) is 13.1. The van der Waals surface area contributed by atoms with Crippen molar-refractivity contribution in [3.63, 3.8) is 0 Å². The molecule has 1 aromatic rings. The summed E-state index contributed by atoms with van der Waals surface area (Å²) in [4.78, 5) is 0. The van der Waals surface area contributed by atoms with E-state index in [0.29, 0.717) is 38.3 Å². The molecule has 4 heteroatoms. The molecule has 0 atom stereocenters. The normalized spacial score (nSPS) is 11.2. The Kier molecular flexibility index (Phi) is 11.3. The van der Waals surface area contributed by atoms with Gasteiger partial charge in [0.25, 0.3) is 0 Å². The maximum Gasteiger partial charge on any atom is 0.119 e. The predicted octanol–water partition coefficient (Wildman–Crippen LogP) is 4.57. The van der Waals surface area contributed by atoms with Gasteiger partial charge in [-0.25, -0.2) is 0 Å². The van der Waals surface area contributed by atoms with Gasteiger partial charge in [-0.3, -0.25) is 0 Å². The monoisotopic (exact) mass is 338 g/mol. The van der Waals surface area contributed by atoms with Crippen LogP contribution in [0.4, 0.5) is 0 Å². The van der Waals surface area contributed by atoms with E-state index in [4.69, 9.17) is 18.9 Å². The van der Waals surface area contributed by atoms with Crippen molar-refractivity contribution in [2.45, 2.75) is 40.5 Å². The van der Waals surface area contributed by atoms with Crippen LogP contribution in [0.2, 0.25) is 0 Å². The highest BCUT2D eigenvalue weighted by Crippen LogP contribution is 2.17. The molecule has 0 saturated heterocycles. The van der Waals surface area contributed by atoms with Gasteiger partial charge in [0.2, 0.25) is 0 Å². The van der Waals surface area contributed by atoms with Crippen molar-refractivity contribution >= 4 is 0 Å². The maximum absolute atomic E-state index is 5.64. The van der Waals surface area contributed by atoms with Crippen LogP contribution in [-0.2, 0) is 9.47 Å². The molecular formula is C20H34O4. The first-order valence-electron chi connectivity index (χ1n) is 9.09. The molecule has 0 radical (unpaired) electrons. The Hall–Kier alpha value is -1.26. The van der Waals surface area contributed by atoms with E-state index in [1.165, 1.54) is 0 Å². The molecule has 0 bridgehead atoms. The quantitative estimate of drug-likeness (QED) is 0.466. The molecule has 4 nitrogen and oxygen atoms in total. The summed E-state index contributed by atoms with van der Waals surface area (Å²) in [6, 6.07) is 7.68. The zero-order chi connectivity index (χ0) is 17.6. The van der Waals surface area contributed by atoms with Crippen molar-refractivity contribution < 1.29 is 18.9 Å². The highest BCUT2D eigenvalue weighted by molar-refractivity contribution is 5.31. The molecule has 0 heterocycles. The fourth-order valence-electron chi connectivity index (χ4n) is 1.91. The molecule has 0 aliphatic carbocycles. The van der Waals surface area contributed by atoms with Crippen molar-refractivity contribution in [1.82, 2.24) is 0 Å². The van der Waals surface area contributed by atoms with E-state index in [2.05, 4.69) is 27.7 Å². The smallest absolute Gasteiger partial charge is 0.119 e. The number of benzene rings is 1. The molecule has 0 amide bonds. The van der Waals surface area contributed by atoms with Gasteiger partial charge in [0.15, 0.2) is 0 Å². The molecule has 138 valence electrons. The van der Waals surface area contributed by atoms with Crippen molar-refractivity contribution in [2.75, 3.05) is 39.6 Å². The lowest BCUT2D eigenvalue weighted by Gasteiger charge is -2.10. The first kappa shape index (κ1) is 20.8. The molecule has 0 aromatic heterocycles. The third-order valence-corrected chi connectivity index (χ3v) is 3.50. The van der Waals surface area contributed by atoms with Crippen LogP contribution >= 0.6 is 0 Å². The van der Waals surface area contributed by atoms with E-state index >= 15 is 0 Å². The van der Waals surface area contributed by atoms with Crippen molar-refractivity contribution in [3.05, 3.63) is 24.3 Å². The van der Waals surface area contributed by atoms with E-state index in [-0.39, 0.29) is 0 Å². The van der Waals surface area contributed by atoms with Gasteiger partial charge in [-0.2, -0.15) is 0 Å². The standard InChI is InChI=1S/C20H34O4/c1-17(2)9-11-21-13-15-23-19-5-7-20(8-6-19)24-16-14-22-12-10-18(3)4/h5-8,17-18H,9-16H2,1-4H3. The van der Waals surface area contributed by atoms with Gasteiger partial charge in [0.05, 0.1) is 13.2 Å². The van der Waals surface area contributed by atoms with E-state index < -0.39 is 0 Å². The van der Waals surface area contributed by atoms with Gasteiger partial charge in [-0.05, 0) is 48.9 Å². The zero-order valence-electron chi connectivity index (χ0n) is 15.8. The average molecular weight is 338 g/mol. The molecular weight excluding hydrogens is 304 g/mol. The minimum Gasteiger partial charge on any atom is -0.491 e. The first-order chi connectivity index (χ1) is 11.6. The SMILES string of the molecule is CC(C)CCOCCOc1ccc(OCCOCCC(C)C)cc1. The van der Waals surface area contributed by atoms with E-state index in [1.54, 1.807) is 0 Å². The Morgan fingerprint density at radius 2 is 0.958 bits per heavy atom. The predicted molar refractivity (Wildman–Crippen MR) is 98.0 cm³/mol. The maximum atomic E-state index is 5.64. The van der Waals surface area contributed by atoms with E-state index in [1.807, 2.05) is 24.3 Å². The highest BCUT2D eigenvalue weighted by atomic mass is 16.5. The van der Waals surface area contributed by atoms with Gasteiger partial charge in [-0.15, -0.1) is 0 Å². The van der Waals surface area contributed by atoms with Crippen LogP contribution in [0.25, 0.3) is 0 Å². The highest BCUT2D eigenvalue weighted by Gasteiger charge is 1.99. The molecule has 24 heavy (non-hydrogen) atoms. The van der Waals surface area contributed by atoms with Gasteiger partial charge in [-0.1, -0.05) is 27.7 Å². The minimum absolute atomic E-state index is 0.571. The summed E-state index contributed by atoms with van der Waals surface area (Å²) < 4.78 is 22.3. The average Bonchev–Trinajstić information content (AvgIpc) is 2.54. The topological polar surface area (TPSA) is 36.9 Å². The largest absolute Gasteiger partial charge is 0.491 e. The second-order valence-electron chi connectivity index (χ2n) is 6.76. The summed E-state index contributed by atoms with van der Waals surface area (Å²) in [6.45, 7) is 12.8. The second-order valence-corrected chi connectivity index (χ2v) is 6.76. The molecule has 0 aliphatic heterocycles. The van der Waals surface area contributed by atoms with Crippen LogP contribution in [0, 0.1) is 11.8 Å². The van der Waals surface area contributed by atoms with Crippen LogP contribution in [-0.4, -0.2) is 39.6 Å². The number of hydrogen-bond donors (Lipinski definition) is 0. The van der Waals surface area contributed by atoms with Crippen LogP contribution in [0.3, 0.4) is 0 Å². The van der Waals surface area contributed by atoms with Crippen LogP contribution < -0.4 is 9.47 Å². The van der Waals surface area contributed by atoms with E-state index in [9.17, 15) is 0 Å². The molecule has 1 rings (SSSR count). The summed E-state index contributed by atoms with van der Waals surface area (Å²) in [5.41, 5.74) is 0. The number of rotatable bonds is 14. The van der Waals surface area contributed by atoms with Gasteiger partial charge in [0.1, 0.15) is 24.7 Å². The Labute approximate surface area is 147 Å². The van der Waals surface area contributed by atoms with Gasteiger partial charge >= 0.3 is 0 Å². The lowest BCUT2D eigenvalue weighted by atomic mass is 10.1. The number of hydrogen-bond acceptors (Lipinski definition) is 4. The minimum atomic E-state index is 0.571. The fourth-order valence-corrected chi connectivity index (χ4v) is 1.91. The molecule has 1 aromatic carbocycles. The zero-order valence-corrected chi connectivity index (χ0v) is 15.8. The van der Waals surface area contributed by atoms with E-state index in [0.717, 1.165) is 37.6 Å². The summed E-state index contributed by atoms with van der Waals surface area (Å²) in [6.07, 6.45) is 2.18. The number of ether oxygens (including phenoxy) is 4. The lowest BCUT2D eigenvalue weighted by molar-refractivity contribution is 0.0914. The lowest BCUT2D eigenvalue weighted by Crippen LogP contribution is -2.09. The molecule has 0 fully saturated rings. The molecule has 0 unspecified atom stereocenters. The van der Waals surface area contributed by atoms with Gasteiger partial charge in [0, 0.05) is 13.2 Å². The van der Waals surface area contributed by atoms with Gasteiger partial charge < -0.3 is 18.9 Å². The molecule has 0 aliphatic rings. The Bertz CT molecular complexity index is 362. The first-order valence-corrected chi connectivity index (χ1v) is 9.09. The Balaban J connectivity index is 2.06. The Morgan fingerprint density at radius 3 is 1.29 bits per heavy atom. The third kappa shape index (κ3) is 11.3.